The molecule has 0 saturated heterocycles. The number of fused-ring (bicyclic) bond motifs is 1. The summed E-state index contributed by atoms with van der Waals surface area (Å²) in [5.74, 6) is -0.477. The third-order valence-electron chi connectivity index (χ3n) is 3.04. The lowest BCUT2D eigenvalue weighted by Gasteiger charge is -2.20. The lowest BCUT2D eigenvalue weighted by Crippen LogP contribution is -2.27. The summed E-state index contributed by atoms with van der Waals surface area (Å²) in [6.45, 7) is 7.33. The van der Waals surface area contributed by atoms with E-state index in [0.717, 1.165) is 10.8 Å². The smallest absolute Gasteiger partial charge is 0.412 e. The van der Waals surface area contributed by atoms with Gasteiger partial charge in [-0.05, 0) is 44.5 Å². The number of esters is 1. The molecule has 0 atom stereocenters. The van der Waals surface area contributed by atoms with Crippen LogP contribution in [0.4, 0.5) is 10.5 Å². The molecule has 23 heavy (non-hydrogen) atoms. The Morgan fingerprint density at radius 3 is 2.43 bits per heavy atom. The lowest BCUT2D eigenvalue weighted by molar-refractivity contribution is 0.0530. The van der Waals surface area contributed by atoms with Crippen molar-refractivity contribution in [2.45, 2.75) is 33.3 Å². The van der Waals surface area contributed by atoms with Crippen LogP contribution in [0.5, 0.6) is 0 Å². The first kappa shape index (κ1) is 16.8. The van der Waals surface area contributed by atoms with E-state index in [1.807, 2.05) is 30.3 Å². The van der Waals surface area contributed by atoms with Gasteiger partial charge in [0.05, 0.1) is 17.9 Å². The number of hydrogen-bond acceptors (Lipinski definition) is 4. The standard InChI is InChI=1S/C18H21NO4/c1-5-22-16(20)15-13-9-7-6-8-12(13)10-11-14(15)19-17(21)23-18(2,3)4/h6-11H,5H2,1-4H3,(H,19,21). The minimum atomic E-state index is -0.620. The molecule has 1 N–H and O–H groups in total. The zero-order chi connectivity index (χ0) is 17.0. The van der Waals surface area contributed by atoms with Crippen LogP contribution in [0.2, 0.25) is 0 Å². The molecule has 0 aromatic heterocycles. The Labute approximate surface area is 135 Å². The van der Waals surface area contributed by atoms with Crippen LogP contribution in [0.3, 0.4) is 0 Å². The number of anilines is 1. The maximum atomic E-state index is 12.3. The van der Waals surface area contributed by atoms with Crippen molar-refractivity contribution in [3.63, 3.8) is 0 Å². The van der Waals surface area contributed by atoms with E-state index in [4.69, 9.17) is 9.47 Å². The fourth-order valence-electron chi connectivity index (χ4n) is 2.21. The molecule has 0 radical (unpaired) electrons. The number of amides is 1. The summed E-state index contributed by atoms with van der Waals surface area (Å²) < 4.78 is 10.4. The summed E-state index contributed by atoms with van der Waals surface area (Å²) in [7, 11) is 0. The van der Waals surface area contributed by atoms with Gasteiger partial charge in [0.1, 0.15) is 5.60 Å². The predicted octanol–water partition coefficient (Wildman–Crippen LogP) is 4.36. The molecule has 0 aliphatic heterocycles. The zero-order valence-electron chi connectivity index (χ0n) is 13.8. The molecular formula is C18H21NO4. The van der Waals surface area contributed by atoms with Crippen molar-refractivity contribution in [2.24, 2.45) is 0 Å². The quantitative estimate of drug-likeness (QED) is 0.855. The van der Waals surface area contributed by atoms with Gasteiger partial charge in [0.15, 0.2) is 0 Å². The minimum Gasteiger partial charge on any atom is -0.462 e. The van der Waals surface area contributed by atoms with Gasteiger partial charge in [-0.3, -0.25) is 5.32 Å². The minimum absolute atomic E-state index is 0.258. The number of ether oxygens (including phenoxy) is 2. The van der Waals surface area contributed by atoms with Gasteiger partial charge in [0, 0.05) is 0 Å². The molecule has 0 heterocycles. The molecule has 122 valence electrons. The summed E-state index contributed by atoms with van der Waals surface area (Å²) in [6, 6.07) is 11.0. The number of nitrogens with one attached hydrogen (secondary N) is 1. The average Bonchev–Trinajstić information content (AvgIpc) is 2.45. The molecule has 1 amide bonds. The van der Waals surface area contributed by atoms with Crippen molar-refractivity contribution in [3.05, 3.63) is 42.0 Å². The molecular weight excluding hydrogens is 294 g/mol. The first-order chi connectivity index (χ1) is 10.8. The van der Waals surface area contributed by atoms with Crippen molar-refractivity contribution in [3.8, 4) is 0 Å². The Kier molecular flexibility index (Phi) is 4.89. The van der Waals surface area contributed by atoms with Crippen LogP contribution in [0, 0.1) is 0 Å². The van der Waals surface area contributed by atoms with E-state index in [-0.39, 0.29) is 6.61 Å². The second-order valence-electron chi connectivity index (χ2n) is 6.06. The second kappa shape index (κ2) is 6.69. The fourth-order valence-corrected chi connectivity index (χ4v) is 2.21. The summed E-state index contributed by atoms with van der Waals surface area (Å²) in [5.41, 5.74) is 0.0811. The number of benzene rings is 2. The van der Waals surface area contributed by atoms with Gasteiger partial charge < -0.3 is 9.47 Å². The third-order valence-corrected chi connectivity index (χ3v) is 3.04. The fraction of sp³-hybridized carbons (Fsp3) is 0.333. The molecule has 2 aromatic carbocycles. The van der Waals surface area contributed by atoms with Crippen molar-refractivity contribution in [1.29, 1.82) is 0 Å². The molecule has 0 saturated carbocycles. The topological polar surface area (TPSA) is 64.6 Å². The van der Waals surface area contributed by atoms with Gasteiger partial charge in [-0.25, -0.2) is 9.59 Å². The maximum absolute atomic E-state index is 12.3. The highest BCUT2D eigenvalue weighted by atomic mass is 16.6. The number of hydrogen-bond donors (Lipinski definition) is 1. The Hall–Kier alpha value is -2.56. The van der Waals surface area contributed by atoms with E-state index in [1.54, 1.807) is 33.8 Å². The van der Waals surface area contributed by atoms with Gasteiger partial charge >= 0.3 is 12.1 Å². The van der Waals surface area contributed by atoms with E-state index >= 15 is 0 Å². The molecule has 0 bridgehead atoms. The molecule has 0 aliphatic carbocycles. The zero-order valence-corrected chi connectivity index (χ0v) is 13.8. The Morgan fingerprint density at radius 2 is 1.78 bits per heavy atom. The molecule has 5 nitrogen and oxygen atoms in total. The second-order valence-corrected chi connectivity index (χ2v) is 6.06. The summed E-state index contributed by atoms with van der Waals surface area (Å²) in [5, 5.41) is 4.25. The Morgan fingerprint density at radius 1 is 1.09 bits per heavy atom. The molecule has 2 rings (SSSR count). The van der Waals surface area contributed by atoms with Gasteiger partial charge in [-0.15, -0.1) is 0 Å². The van der Waals surface area contributed by atoms with Crippen LogP contribution < -0.4 is 5.32 Å². The van der Waals surface area contributed by atoms with Crippen LogP contribution in [0.1, 0.15) is 38.1 Å². The summed E-state index contributed by atoms with van der Waals surface area (Å²) in [4.78, 5) is 24.3. The van der Waals surface area contributed by atoms with Gasteiger partial charge in [0.2, 0.25) is 0 Å². The van der Waals surface area contributed by atoms with E-state index in [2.05, 4.69) is 5.32 Å². The number of rotatable bonds is 3. The van der Waals surface area contributed by atoms with Crippen LogP contribution in [0.15, 0.2) is 36.4 Å². The lowest BCUT2D eigenvalue weighted by atomic mass is 10.0. The van der Waals surface area contributed by atoms with Gasteiger partial charge in [-0.1, -0.05) is 30.3 Å². The van der Waals surface area contributed by atoms with E-state index in [0.29, 0.717) is 11.3 Å². The average molecular weight is 315 g/mol. The van der Waals surface area contributed by atoms with Crippen molar-refractivity contribution in [2.75, 3.05) is 11.9 Å². The Bertz CT molecular complexity index is 731. The normalized spacial score (nSPS) is 11.1. The third kappa shape index (κ3) is 4.22. The monoisotopic (exact) mass is 315 g/mol. The van der Waals surface area contributed by atoms with Gasteiger partial charge in [-0.2, -0.15) is 0 Å². The summed E-state index contributed by atoms with van der Waals surface area (Å²) in [6.07, 6.45) is -0.613. The van der Waals surface area contributed by atoms with Crippen LogP contribution in [-0.4, -0.2) is 24.3 Å². The largest absolute Gasteiger partial charge is 0.462 e. The highest BCUT2D eigenvalue weighted by Crippen LogP contribution is 2.27. The van der Waals surface area contributed by atoms with Crippen LogP contribution in [0.25, 0.3) is 10.8 Å². The number of carbonyl (C=O) groups excluding carboxylic acids is 2. The van der Waals surface area contributed by atoms with Crippen LogP contribution in [-0.2, 0) is 9.47 Å². The van der Waals surface area contributed by atoms with Gasteiger partial charge in [0.25, 0.3) is 0 Å². The number of carbonyl (C=O) groups is 2. The molecule has 5 heteroatoms. The highest BCUT2D eigenvalue weighted by Gasteiger charge is 2.21. The highest BCUT2D eigenvalue weighted by molar-refractivity contribution is 6.11. The van der Waals surface area contributed by atoms with Crippen molar-refractivity contribution < 1.29 is 19.1 Å². The molecule has 0 spiro atoms. The van der Waals surface area contributed by atoms with E-state index < -0.39 is 17.7 Å². The van der Waals surface area contributed by atoms with Crippen molar-refractivity contribution in [1.82, 2.24) is 0 Å². The molecule has 0 aliphatic rings. The first-order valence-electron chi connectivity index (χ1n) is 7.50. The first-order valence-corrected chi connectivity index (χ1v) is 7.50. The molecule has 0 fully saturated rings. The molecule has 2 aromatic rings. The molecule has 0 unspecified atom stereocenters. The SMILES string of the molecule is CCOC(=O)c1c(NC(=O)OC(C)(C)C)ccc2ccccc12. The van der Waals surface area contributed by atoms with Crippen LogP contribution >= 0.6 is 0 Å². The Balaban J connectivity index is 2.44. The van der Waals surface area contributed by atoms with Crippen molar-refractivity contribution >= 4 is 28.5 Å². The maximum Gasteiger partial charge on any atom is 0.412 e. The van der Waals surface area contributed by atoms with E-state index in [1.165, 1.54) is 0 Å². The summed E-state index contributed by atoms with van der Waals surface area (Å²) >= 11 is 0. The van der Waals surface area contributed by atoms with E-state index in [9.17, 15) is 9.59 Å². The predicted molar refractivity (Wildman–Crippen MR) is 89.8 cm³/mol.